The van der Waals surface area contributed by atoms with Crippen LogP contribution in [0.25, 0.3) is 0 Å². The largest absolute Gasteiger partial charge is 0.369 e. The first kappa shape index (κ1) is 18.0. The number of carbonyl (C=O) groups is 1. The molecule has 0 bridgehead atoms. The maximum atomic E-state index is 14.0. The van der Waals surface area contributed by atoms with Crippen LogP contribution in [0, 0.1) is 5.82 Å². The number of fused-ring (bicyclic) bond motifs is 1. The fourth-order valence-corrected chi connectivity index (χ4v) is 4.22. The van der Waals surface area contributed by atoms with Crippen molar-refractivity contribution < 1.29 is 9.18 Å². The molecule has 2 aromatic carbocycles. The molecule has 2 heterocycles. The fourth-order valence-electron chi connectivity index (χ4n) is 4.22. The topological polar surface area (TPSA) is 35.6 Å². The second-order valence-electron chi connectivity index (χ2n) is 7.63. The predicted octanol–water partition coefficient (Wildman–Crippen LogP) is 2.97. The number of amides is 1. The number of nitrogens with zero attached hydrogens (tertiary/aromatic N) is 2. The maximum Gasteiger partial charge on any atom is 0.237 e. The number of piperidine rings is 1. The van der Waals surface area contributed by atoms with Crippen molar-refractivity contribution >= 4 is 11.6 Å². The van der Waals surface area contributed by atoms with Gasteiger partial charge in [-0.15, -0.1) is 0 Å². The lowest BCUT2D eigenvalue weighted by Crippen LogP contribution is -2.53. The van der Waals surface area contributed by atoms with E-state index in [9.17, 15) is 9.18 Å². The van der Waals surface area contributed by atoms with E-state index in [0.29, 0.717) is 5.69 Å². The Morgan fingerprint density at radius 3 is 2.44 bits per heavy atom. The third-order valence-electron chi connectivity index (χ3n) is 5.82. The average molecular weight is 367 g/mol. The van der Waals surface area contributed by atoms with E-state index in [1.807, 2.05) is 25.2 Å². The van der Waals surface area contributed by atoms with Gasteiger partial charge in [-0.05, 0) is 49.6 Å². The molecule has 1 N–H and O–H groups in total. The number of halogens is 1. The Kier molecular flexibility index (Phi) is 5.12. The first-order valence-electron chi connectivity index (χ1n) is 9.68. The zero-order valence-electron chi connectivity index (χ0n) is 15.7. The minimum absolute atomic E-state index is 0.108. The van der Waals surface area contributed by atoms with Gasteiger partial charge >= 0.3 is 0 Å². The van der Waals surface area contributed by atoms with Crippen LogP contribution >= 0.6 is 0 Å². The Morgan fingerprint density at radius 2 is 1.70 bits per heavy atom. The van der Waals surface area contributed by atoms with Crippen LogP contribution in [0.5, 0.6) is 0 Å². The lowest BCUT2D eigenvalue weighted by Gasteiger charge is -2.37. The SMILES string of the molecule is CN1Cc2ccccc2CC1C(=O)NC1CCN(c2ccccc2F)CC1. The number of anilines is 1. The molecule has 0 aromatic heterocycles. The van der Waals surface area contributed by atoms with E-state index in [0.717, 1.165) is 38.9 Å². The van der Waals surface area contributed by atoms with Crippen LogP contribution in [-0.2, 0) is 17.8 Å². The molecule has 142 valence electrons. The maximum absolute atomic E-state index is 14.0. The van der Waals surface area contributed by atoms with Crippen LogP contribution in [0.2, 0.25) is 0 Å². The van der Waals surface area contributed by atoms with Crippen molar-refractivity contribution in [1.82, 2.24) is 10.2 Å². The van der Waals surface area contributed by atoms with E-state index in [1.165, 1.54) is 17.2 Å². The van der Waals surface area contributed by atoms with Crippen molar-refractivity contribution in [1.29, 1.82) is 0 Å². The third-order valence-corrected chi connectivity index (χ3v) is 5.82. The monoisotopic (exact) mass is 367 g/mol. The van der Waals surface area contributed by atoms with E-state index in [1.54, 1.807) is 6.07 Å². The van der Waals surface area contributed by atoms with E-state index in [4.69, 9.17) is 0 Å². The van der Waals surface area contributed by atoms with Crippen LogP contribution in [0.4, 0.5) is 10.1 Å². The molecule has 4 rings (SSSR count). The minimum Gasteiger partial charge on any atom is -0.369 e. The van der Waals surface area contributed by atoms with Crippen molar-refractivity contribution in [2.75, 3.05) is 25.0 Å². The minimum atomic E-state index is -0.178. The molecule has 1 unspecified atom stereocenters. The number of para-hydroxylation sites is 1. The molecule has 0 spiro atoms. The van der Waals surface area contributed by atoms with Crippen molar-refractivity contribution in [2.45, 2.75) is 37.9 Å². The summed E-state index contributed by atoms with van der Waals surface area (Å²) in [5.41, 5.74) is 3.23. The summed E-state index contributed by atoms with van der Waals surface area (Å²) in [6, 6.07) is 15.3. The van der Waals surface area contributed by atoms with Gasteiger partial charge in [-0.1, -0.05) is 36.4 Å². The van der Waals surface area contributed by atoms with Gasteiger partial charge in [-0.2, -0.15) is 0 Å². The molecule has 0 aliphatic carbocycles. The van der Waals surface area contributed by atoms with E-state index in [-0.39, 0.29) is 23.8 Å². The summed E-state index contributed by atoms with van der Waals surface area (Å²) in [5.74, 6) is -0.0705. The van der Waals surface area contributed by atoms with Crippen LogP contribution in [0.15, 0.2) is 48.5 Å². The molecule has 2 aliphatic rings. The van der Waals surface area contributed by atoms with Gasteiger partial charge in [0.25, 0.3) is 0 Å². The van der Waals surface area contributed by atoms with Gasteiger partial charge in [-0.25, -0.2) is 4.39 Å². The Balaban J connectivity index is 1.34. The summed E-state index contributed by atoms with van der Waals surface area (Å²) < 4.78 is 14.0. The lowest BCUT2D eigenvalue weighted by molar-refractivity contribution is -0.127. The highest BCUT2D eigenvalue weighted by atomic mass is 19.1. The molecule has 2 aliphatic heterocycles. The zero-order chi connectivity index (χ0) is 18.8. The van der Waals surface area contributed by atoms with Crippen LogP contribution in [0.1, 0.15) is 24.0 Å². The van der Waals surface area contributed by atoms with Gasteiger partial charge in [0, 0.05) is 25.7 Å². The summed E-state index contributed by atoms with van der Waals surface area (Å²) in [4.78, 5) is 17.1. The summed E-state index contributed by atoms with van der Waals surface area (Å²) in [7, 11) is 2.01. The molecule has 1 fully saturated rings. The van der Waals surface area contributed by atoms with Gasteiger partial charge in [0.1, 0.15) is 5.82 Å². The Bertz CT molecular complexity index is 817. The number of carbonyl (C=O) groups excluding carboxylic acids is 1. The van der Waals surface area contributed by atoms with Crippen molar-refractivity contribution in [2.24, 2.45) is 0 Å². The highest BCUT2D eigenvalue weighted by Crippen LogP contribution is 2.24. The van der Waals surface area contributed by atoms with E-state index in [2.05, 4.69) is 33.3 Å². The first-order valence-corrected chi connectivity index (χ1v) is 9.68. The second kappa shape index (κ2) is 7.69. The number of rotatable bonds is 3. The van der Waals surface area contributed by atoms with Gasteiger partial charge in [0.2, 0.25) is 5.91 Å². The van der Waals surface area contributed by atoms with Crippen molar-refractivity contribution in [3.05, 3.63) is 65.5 Å². The molecule has 1 saturated heterocycles. The van der Waals surface area contributed by atoms with Gasteiger partial charge in [0.05, 0.1) is 11.7 Å². The average Bonchev–Trinajstić information content (AvgIpc) is 2.68. The number of nitrogens with one attached hydrogen (secondary N) is 1. The summed E-state index contributed by atoms with van der Waals surface area (Å²) in [6.07, 6.45) is 2.44. The smallest absolute Gasteiger partial charge is 0.237 e. The molecule has 1 atom stereocenters. The van der Waals surface area contributed by atoms with Crippen LogP contribution in [-0.4, -0.2) is 43.0 Å². The number of benzene rings is 2. The first-order chi connectivity index (χ1) is 13.1. The molecule has 4 nitrogen and oxygen atoms in total. The van der Waals surface area contributed by atoms with Gasteiger partial charge in [0.15, 0.2) is 0 Å². The Morgan fingerprint density at radius 1 is 1.04 bits per heavy atom. The highest BCUT2D eigenvalue weighted by molar-refractivity contribution is 5.82. The van der Waals surface area contributed by atoms with Gasteiger partial charge < -0.3 is 10.2 Å². The Hall–Kier alpha value is -2.40. The molecule has 27 heavy (non-hydrogen) atoms. The predicted molar refractivity (Wildman–Crippen MR) is 105 cm³/mol. The molecule has 1 amide bonds. The zero-order valence-corrected chi connectivity index (χ0v) is 15.7. The summed E-state index contributed by atoms with van der Waals surface area (Å²) >= 11 is 0. The van der Waals surface area contributed by atoms with E-state index >= 15 is 0 Å². The van der Waals surface area contributed by atoms with Crippen LogP contribution in [0.3, 0.4) is 0 Å². The van der Waals surface area contributed by atoms with Crippen molar-refractivity contribution in [3.63, 3.8) is 0 Å². The number of likely N-dealkylation sites (N-methyl/N-ethyl adjacent to an activating group) is 1. The summed E-state index contributed by atoms with van der Waals surface area (Å²) in [6.45, 7) is 2.32. The molecule has 0 radical (unpaired) electrons. The van der Waals surface area contributed by atoms with Gasteiger partial charge in [-0.3, -0.25) is 9.69 Å². The van der Waals surface area contributed by atoms with Crippen molar-refractivity contribution in [3.8, 4) is 0 Å². The second-order valence-corrected chi connectivity index (χ2v) is 7.63. The molecular formula is C22H26FN3O. The highest BCUT2D eigenvalue weighted by Gasteiger charge is 2.31. The normalized spacial score (nSPS) is 21.0. The molecule has 2 aromatic rings. The fraction of sp³-hybridized carbons (Fsp3) is 0.409. The standard InChI is InChI=1S/C22H26FN3O/c1-25-15-17-7-3-2-6-16(17)14-21(25)22(27)24-18-10-12-26(13-11-18)20-9-5-4-8-19(20)23/h2-9,18,21H,10-15H2,1H3,(H,24,27). The number of hydrogen-bond acceptors (Lipinski definition) is 3. The Labute approximate surface area is 160 Å². The molecule has 5 heteroatoms. The number of hydrogen-bond donors (Lipinski definition) is 1. The third kappa shape index (κ3) is 3.83. The lowest BCUT2D eigenvalue weighted by atomic mass is 9.93. The summed E-state index contributed by atoms with van der Waals surface area (Å²) in [5, 5.41) is 3.24. The van der Waals surface area contributed by atoms with E-state index < -0.39 is 0 Å². The van der Waals surface area contributed by atoms with Crippen LogP contribution < -0.4 is 10.2 Å². The quantitative estimate of drug-likeness (QED) is 0.906. The molecular weight excluding hydrogens is 341 g/mol. The molecule has 0 saturated carbocycles.